The van der Waals surface area contributed by atoms with E-state index in [1.165, 1.54) is 0 Å². The van der Waals surface area contributed by atoms with E-state index in [-0.39, 0.29) is 18.7 Å². The summed E-state index contributed by atoms with van der Waals surface area (Å²) in [5.74, 6) is 0. The number of fused-ring (bicyclic) bond motifs is 1. The van der Waals surface area contributed by atoms with Crippen LogP contribution in [0.4, 0.5) is 4.79 Å². The molecule has 1 saturated heterocycles. The first-order valence-electron chi connectivity index (χ1n) is 5.92. The number of benzene rings is 1. The zero-order valence-electron chi connectivity index (χ0n) is 9.80. The highest BCUT2D eigenvalue weighted by atomic mass is 16.3. The maximum atomic E-state index is 11.7. The van der Waals surface area contributed by atoms with Crippen LogP contribution in [0.15, 0.2) is 34.9 Å². The third-order valence-electron chi connectivity index (χ3n) is 3.24. The van der Waals surface area contributed by atoms with Crippen LogP contribution in [-0.2, 0) is 0 Å². The first kappa shape index (κ1) is 11.1. The number of para-hydroxylation sites is 1. The molecule has 1 fully saturated rings. The van der Waals surface area contributed by atoms with Gasteiger partial charge in [0.25, 0.3) is 0 Å². The molecule has 2 amide bonds. The third-order valence-corrected chi connectivity index (χ3v) is 3.24. The molecule has 3 rings (SSSR count). The summed E-state index contributed by atoms with van der Waals surface area (Å²) in [6.07, 6.45) is 1.69. The number of carbonyl (C=O) groups is 1. The molecule has 2 aromatic rings. The Hall–Kier alpha value is -2.01. The number of hydrogen-bond donors (Lipinski definition) is 2. The van der Waals surface area contributed by atoms with Crippen LogP contribution >= 0.6 is 0 Å². The van der Waals surface area contributed by atoms with Crippen molar-refractivity contribution >= 4 is 17.0 Å². The van der Waals surface area contributed by atoms with Gasteiger partial charge in [-0.1, -0.05) is 18.2 Å². The second kappa shape index (κ2) is 4.34. The van der Waals surface area contributed by atoms with Crippen molar-refractivity contribution in [2.24, 2.45) is 0 Å². The van der Waals surface area contributed by atoms with E-state index in [9.17, 15) is 4.79 Å². The molecule has 0 spiro atoms. The maximum absolute atomic E-state index is 11.7. The second-order valence-corrected chi connectivity index (χ2v) is 4.36. The molecule has 18 heavy (non-hydrogen) atoms. The van der Waals surface area contributed by atoms with Crippen molar-refractivity contribution in [1.82, 2.24) is 10.2 Å². The van der Waals surface area contributed by atoms with E-state index in [0.29, 0.717) is 13.1 Å². The lowest BCUT2D eigenvalue weighted by Crippen LogP contribution is -2.30. The molecular formula is C13H14N2O3. The van der Waals surface area contributed by atoms with Gasteiger partial charge in [0.15, 0.2) is 0 Å². The Kier molecular flexibility index (Phi) is 2.68. The lowest BCUT2D eigenvalue weighted by Gasteiger charge is -2.11. The molecule has 1 aromatic carbocycles. The number of β-amino-alcohol motifs (C(OH)–C–C–N with tert-alkyl or cyclic N) is 1. The molecule has 1 atom stereocenters. The van der Waals surface area contributed by atoms with Crippen molar-refractivity contribution in [3.8, 4) is 0 Å². The van der Waals surface area contributed by atoms with E-state index in [0.717, 1.165) is 16.5 Å². The van der Waals surface area contributed by atoms with Crippen LogP contribution in [0.25, 0.3) is 11.0 Å². The number of hydrogen-bond acceptors (Lipinski definition) is 3. The van der Waals surface area contributed by atoms with Crippen molar-refractivity contribution < 1.29 is 14.3 Å². The average Bonchev–Trinajstić information content (AvgIpc) is 2.94. The Morgan fingerprint density at radius 2 is 2.28 bits per heavy atom. The SMILES string of the molecule is O=C1NC(c2coc3ccccc23)CN1CCO. The van der Waals surface area contributed by atoms with Gasteiger partial charge in [0.05, 0.1) is 18.9 Å². The number of rotatable bonds is 3. The van der Waals surface area contributed by atoms with E-state index in [4.69, 9.17) is 9.52 Å². The van der Waals surface area contributed by atoms with Gasteiger partial charge in [-0.15, -0.1) is 0 Å². The summed E-state index contributed by atoms with van der Waals surface area (Å²) in [6, 6.07) is 7.53. The molecule has 0 radical (unpaired) electrons. The van der Waals surface area contributed by atoms with Crippen molar-refractivity contribution in [3.63, 3.8) is 0 Å². The van der Waals surface area contributed by atoms with Gasteiger partial charge in [-0.3, -0.25) is 0 Å². The molecule has 1 aliphatic rings. The smallest absolute Gasteiger partial charge is 0.318 e. The van der Waals surface area contributed by atoms with Crippen LogP contribution in [0.1, 0.15) is 11.6 Å². The Balaban J connectivity index is 1.90. The van der Waals surface area contributed by atoms with E-state index < -0.39 is 0 Å². The number of amides is 2. The summed E-state index contributed by atoms with van der Waals surface area (Å²) < 4.78 is 5.47. The van der Waals surface area contributed by atoms with Crippen molar-refractivity contribution in [1.29, 1.82) is 0 Å². The third kappa shape index (κ3) is 1.73. The molecule has 5 nitrogen and oxygen atoms in total. The van der Waals surface area contributed by atoms with Crippen LogP contribution in [0.3, 0.4) is 0 Å². The molecule has 2 heterocycles. The number of carbonyl (C=O) groups excluding carboxylic acids is 1. The number of nitrogens with one attached hydrogen (secondary N) is 1. The Labute approximate surface area is 104 Å². The highest BCUT2D eigenvalue weighted by Crippen LogP contribution is 2.29. The predicted octanol–water partition coefficient (Wildman–Crippen LogP) is 1.49. The van der Waals surface area contributed by atoms with E-state index in [2.05, 4.69) is 5.32 Å². The molecule has 1 aromatic heterocycles. The fourth-order valence-electron chi connectivity index (χ4n) is 2.35. The van der Waals surface area contributed by atoms with Gasteiger partial charge in [-0.2, -0.15) is 0 Å². The van der Waals surface area contributed by atoms with Crippen LogP contribution in [0.5, 0.6) is 0 Å². The predicted molar refractivity (Wildman–Crippen MR) is 66.1 cm³/mol. The van der Waals surface area contributed by atoms with Crippen LogP contribution in [0.2, 0.25) is 0 Å². The quantitative estimate of drug-likeness (QED) is 0.862. The molecule has 0 saturated carbocycles. The van der Waals surface area contributed by atoms with E-state index in [1.807, 2.05) is 24.3 Å². The van der Waals surface area contributed by atoms with Crippen molar-refractivity contribution in [2.75, 3.05) is 19.7 Å². The molecule has 0 bridgehead atoms. The number of aliphatic hydroxyl groups excluding tert-OH is 1. The van der Waals surface area contributed by atoms with Crippen molar-refractivity contribution in [2.45, 2.75) is 6.04 Å². The monoisotopic (exact) mass is 246 g/mol. The molecule has 1 unspecified atom stereocenters. The fraction of sp³-hybridized carbons (Fsp3) is 0.308. The van der Waals surface area contributed by atoms with E-state index >= 15 is 0 Å². The zero-order chi connectivity index (χ0) is 12.5. The number of urea groups is 1. The molecule has 1 aliphatic heterocycles. The van der Waals surface area contributed by atoms with Gasteiger partial charge in [0.2, 0.25) is 0 Å². The average molecular weight is 246 g/mol. The van der Waals surface area contributed by atoms with Gasteiger partial charge in [0, 0.05) is 24.0 Å². The van der Waals surface area contributed by atoms with Crippen LogP contribution in [0, 0.1) is 0 Å². The Morgan fingerprint density at radius 3 is 3.11 bits per heavy atom. The van der Waals surface area contributed by atoms with Gasteiger partial charge in [0.1, 0.15) is 5.58 Å². The summed E-state index contributed by atoms with van der Waals surface area (Å²) >= 11 is 0. The maximum Gasteiger partial charge on any atom is 0.318 e. The summed E-state index contributed by atoms with van der Waals surface area (Å²) in [4.78, 5) is 13.3. The largest absolute Gasteiger partial charge is 0.464 e. The molecule has 5 heteroatoms. The van der Waals surface area contributed by atoms with Gasteiger partial charge >= 0.3 is 6.03 Å². The Morgan fingerprint density at radius 1 is 1.44 bits per heavy atom. The van der Waals surface area contributed by atoms with Gasteiger partial charge in [-0.05, 0) is 6.07 Å². The number of nitrogens with zero attached hydrogens (tertiary/aromatic N) is 1. The van der Waals surface area contributed by atoms with Gasteiger partial charge in [-0.25, -0.2) is 4.79 Å². The van der Waals surface area contributed by atoms with Gasteiger partial charge < -0.3 is 19.7 Å². The minimum atomic E-state index is -0.140. The molecular weight excluding hydrogens is 232 g/mol. The zero-order valence-corrected chi connectivity index (χ0v) is 9.80. The fourth-order valence-corrected chi connectivity index (χ4v) is 2.35. The summed E-state index contributed by atoms with van der Waals surface area (Å²) in [7, 11) is 0. The lowest BCUT2D eigenvalue weighted by atomic mass is 10.1. The minimum Gasteiger partial charge on any atom is -0.464 e. The lowest BCUT2D eigenvalue weighted by molar-refractivity contribution is 0.196. The minimum absolute atomic E-state index is 0.0216. The van der Waals surface area contributed by atoms with Crippen LogP contribution in [-0.4, -0.2) is 35.7 Å². The standard InChI is InChI=1S/C13H14N2O3/c16-6-5-15-7-11(14-13(15)17)10-8-18-12-4-2-1-3-9(10)12/h1-4,8,11,16H,5-7H2,(H,14,17). The summed E-state index contributed by atoms with van der Waals surface area (Å²) in [5.41, 5.74) is 1.81. The number of furan rings is 1. The second-order valence-electron chi connectivity index (χ2n) is 4.36. The first-order chi connectivity index (χ1) is 8.79. The summed E-state index contributed by atoms with van der Waals surface area (Å²) in [5, 5.41) is 12.8. The highest BCUT2D eigenvalue weighted by molar-refractivity contribution is 5.84. The van der Waals surface area contributed by atoms with E-state index in [1.54, 1.807) is 11.2 Å². The highest BCUT2D eigenvalue weighted by Gasteiger charge is 2.31. The molecule has 2 N–H and O–H groups in total. The molecule has 94 valence electrons. The number of aliphatic hydroxyl groups is 1. The van der Waals surface area contributed by atoms with Crippen molar-refractivity contribution in [3.05, 3.63) is 36.1 Å². The molecule has 0 aliphatic carbocycles. The first-order valence-corrected chi connectivity index (χ1v) is 5.92. The summed E-state index contributed by atoms with van der Waals surface area (Å²) in [6.45, 7) is 0.896. The van der Waals surface area contributed by atoms with Crippen LogP contribution < -0.4 is 5.32 Å². The normalized spacial score (nSPS) is 19.5. The Bertz CT molecular complexity index is 578. The topological polar surface area (TPSA) is 65.7 Å².